The number of nitrogens with zero attached hydrogens (tertiary/aromatic N) is 5. The van der Waals surface area contributed by atoms with E-state index in [-0.39, 0.29) is 24.0 Å². The van der Waals surface area contributed by atoms with Crippen molar-refractivity contribution in [1.29, 1.82) is 0 Å². The predicted octanol–water partition coefficient (Wildman–Crippen LogP) is 3.32. The Labute approximate surface area is 202 Å². The lowest BCUT2D eigenvalue weighted by atomic mass is 9.90. The number of likely N-dealkylation sites (tertiary alicyclic amines) is 1. The number of aromatic nitrogens is 3. The van der Waals surface area contributed by atoms with Gasteiger partial charge < -0.3 is 19.5 Å². The number of piperidine rings is 1. The van der Waals surface area contributed by atoms with Crippen LogP contribution >= 0.6 is 24.0 Å². The smallest absolute Gasteiger partial charge is 0.194 e. The van der Waals surface area contributed by atoms with Crippen LogP contribution in [0.4, 0.5) is 0 Å². The van der Waals surface area contributed by atoms with E-state index in [1.165, 1.54) is 24.8 Å². The van der Waals surface area contributed by atoms with E-state index in [4.69, 9.17) is 9.73 Å². The van der Waals surface area contributed by atoms with Gasteiger partial charge in [-0.3, -0.25) is 0 Å². The van der Waals surface area contributed by atoms with E-state index in [1.54, 1.807) is 0 Å². The number of ether oxygens (including phenoxy) is 1. The molecule has 1 unspecified atom stereocenters. The molecule has 31 heavy (non-hydrogen) atoms. The molecule has 2 aliphatic rings. The maximum Gasteiger partial charge on any atom is 0.194 e. The summed E-state index contributed by atoms with van der Waals surface area (Å²) in [6.45, 7) is 6.27. The van der Waals surface area contributed by atoms with Gasteiger partial charge in [-0.1, -0.05) is 30.3 Å². The lowest BCUT2D eigenvalue weighted by molar-refractivity contribution is 0.112. The fourth-order valence-corrected chi connectivity index (χ4v) is 4.31. The Kier molecular flexibility index (Phi) is 9.13. The number of hydrogen-bond acceptors (Lipinski definition) is 4. The number of aliphatic imine (C=N–C) groups is 1. The molecule has 3 heterocycles. The summed E-state index contributed by atoms with van der Waals surface area (Å²) in [6.07, 6.45) is 6.13. The van der Waals surface area contributed by atoms with E-state index in [2.05, 4.69) is 50.7 Å². The van der Waals surface area contributed by atoms with Gasteiger partial charge in [-0.2, -0.15) is 0 Å². The van der Waals surface area contributed by atoms with Gasteiger partial charge in [0.15, 0.2) is 11.8 Å². The highest BCUT2D eigenvalue weighted by Gasteiger charge is 2.23. The van der Waals surface area contributed by atoms with Crippen molar-refractivity contribution >= 4 is 29.9 Å². The van der Waals surface area contributed by atoms with E-state index in [9.17, 15) is 0 Å². The van der Waals surface area contributed by atoms with Crippen LogP contribution in [0.25, 0.3) is 0 Å². The summed E-state index contributed by atoms with van der Waals surface area (Å²) in [5.41, 5.74) is 1.44. The number of guanidine groups is 1. The molecule has 0 aliphatic carbocycles. The topological polar surface area (TPSA) is 67.6 Å². The van der Waals surface area contributed by atoms with Gasteiger partial charge in [0.2, 0.25) is 0 Å². The second kappa shape index (κ2) is 11.8. The van der Waals surface area contributed by atoms with Crippen LogP contribution in [-0.4, -0.2) is 58.0 Å². The normalized spacial score (nSPS) is 20.0. The molecule has 170 valence electrons. The van der Waals surface area contributed by atoms with Crippen LogP contribution in [0, 0.1) is 12.8 Å². The molecule has 0 radical (unpaired) electrons. The molecule has 8 heteroatoms. The van der Waals surface area contributed by atoms with Gasteiger partial charge in [-0.05, 0) is 50.5 Å². The van der Waals surface area contributed by atoms with E-state index in [0.29, 0.717) is 12.6 Å². The van der Waals surface area contributed by atoms with E-state index in [0.717, 1.165) is 62.6 Å². The van der Waals surface area contributed by atoms with Crippen molar-refractivity contribution in [3.05, 3.63) is 47.5 Å². The van der Waals surface area contributed by atoms with Crippen molar-refractivity contribution in [2.45, 2.75) is 51.7 Å². The highest BCUT2D eigenvalue weighted by Crippen LogP contribution is 2.22. The largest absolute Gasteiger partial charge is 0.376 e. The summed E-state index contributed by atoms with van der Waals surface area (Å²) in [5, 5.41) is 12.0. The monoisotopic (exact) mass is 538 g/mol. The zero-order valence-electron chi connectivity index (χ0n) is 18.7. The van der Waals surface area contributed by atoms with E-state index < -0.39 is 0 Å². The number of benzene rings is 1. The SMILES string of the molecule is Cc1nnc(CN=C(NCC2CCCO2)N2CCC(Cc3ccccc3)CC2)n1C.I. The van der Waals surface area contributed by atoms with Crippen LogP contribution in [0.5, 0.6) is 0 Å². The Bertz CT molecular complexity index is 826. The molecule has 0 amide bonds. The molecule has 1 N–H and O–H groups in total. The van der Waals surface area contributed by atoms with Gasteiger partial charge in [0.25, 0.3) is 0 Å². The van der Waals surface area contributed by atoms with Crippen LogP contribution in [0.3, 0.4) is 0 Å². The van der Waals surface area contributed by atoms with Gasteiger partial charge in [0, 0.05) is 33.3 Å². The van der Waals surface area contributed by atoms with E-state index >= 15 is 0 Å². The molecule has 0 spiro atoms. The zero-order valence-corrected chi connectivity index (χ0v) is 21.0. The summed E-state index contributed by atoms with van der Waals surface area (Å²) < 4.78 is 7.80. The summed E-state index contributed by atoms with van der Waals surface area (Å²) in [5.74, 6) is 3.52. The molecule has 0 bridgehead atoms. The zero-order chi connectivity index (χ0) is 20.8. The van der Waals surface area contributed by atoms with Gasteiger partial charge in [-0.15, -0.1) is 34.2 Å². The first kappa shape index (κ1) is 24.0. The fraction of sp³-hybridized carbons (Fsp3) is 0.609. The minimum Gasteiger partial charge on any atom is -0.376 e. The molecule has 2 fully saturated rings. The first-order chi connectivity index (χ1) is 14.7. The predicted molar refractivity (Wildman–Crippen MR) is 134 cm³/mol. The fourth-order valence-electron chi connectivity index (χ4n) is 4.31. The molecule has 2 aromatic rings. The van der Waals surface area contributed by atoms with Crippen LogP contribution in [-0.2, 0) is 24.8 Å². The van der Waals surface area contributed by atoms with Gasteiger partial charge >= 0.3 is 0 Å². The highest BCUT2D eigenvalue weighted by atomic mass is 127. The number of rotatable bonds is 6. The Morgan fingerprint density at radius 3 is 2.58 bits per heavy atom. The summed E-state index contributed by atoms with van der Waals surface area (Å²) >= 11 is 0. The molecule has 1 aromatic carbocycles. The average molecular weight is 538 g/mol. The van der Waals surface area contributed by atoms with Crippen LogP contribution in [0.15, 0.2) is 35.3 Å². The highest BCUT2D eigenvalue weighted by molar-refractivity contribution is 14.0. The number of aryl methyl sites for hydroxylation is 1. The Balaban J connectivity index is 0.00000272. The summed E-state index contributed by atoms with van der Waals surface area (Å²) in [4.78, 5) is 7.32. The van der Waals surface area contributed by atoms with Crippen molar-refractivity contribution in [3.8, 4) is 0 Å². The molecule has 2 aliphatic heterocycles. The molecule has 2 saturated heterocycles. The summed E-state index contributed by atoms with van der Waals surface area (Å²) in [7, 11) is 1.99. The maximum atomic E-state index is 5.80. The molecule has 0 saturated carbocycles. The van der Waals surface area contributed by atoms with Gasteiger partial charge in [-0.25, -0.2) is 4.99 Å². The first-order valence-electron chi connectivity index (χ1n) is 11.2. The van der Waals surface area contributed by atoms with Crippen molar-refractivity contribution in [1.82, 2.24) is 25.0 Å². The third-order valence-corrected chi connectivity index (χ3v) is 6.35. The standard InChI is InChI=1S/C23H34N6O.HI/c1-18-26-27-22(28(18)2)17-25-23(24-16-21-9-6-14-30-21)29-12-10-20(11-13-29)15-19-7-4-3-5-8-19;/h3-5,7-8,20-21H,6,9-17H2,1-2H3,(H,24,25);1H. The van der Waals surface area contributed by atoms with Crippen molar-refractivity contribution in [3.63, 3.8) is 0 Å². The van der Waals surface area contributed by atoms with Gasteiger partial charge in [0.1, 0.15) is 12.4 Å². The maximum absolute atomic E-state index is 5.80. The molecular weight excluding hydrogens is 503 g/mol. The molecule has 1 atom stereocenters. The molecule has 1 aromatic heterocycles. The molecule has 7 nitrogen and oxygen atoms in total. The van der Waals surface area contributed by atoms with Crippen molar-refractivity contribution in [2.75, 3.05) is 26.2 Å². The molecular formula is C23H35IN6O. The van der Waals surface area contributed by atoms with E-state index in [1.807, 2.05) is 18.5 Å². The Morgan fingerprint density at radius 1 is 1.16 bits per heavy atom. The van der Waals surface area contributed by atoms with Crippen LogP contribution in [0.1, 0.15) is 42.9 Å². The summed E-state index contributed by atoms with van der Waals surface area (Å²) in [6, 6.07) is 10.8. The van der Waals surface area contributed by atoms with Crippen LogP contribution in [0.2, 0.25) is 0 Å². The first-order valence-corrected chi connectivity index (χ1v) is 11.2. The number of halogens is 1. The average Bonchev–Trinajstić information content (AvgIpc) is 3.40. The lowest BCUT2D eigenvalue weighted by Gasteiger charge is -2.34. The second-order valence-corrected chi connectivity index (χ2v) is 8.50. The quantitative estimate of drug-likeness (QED) is 0.348. The Morgan fingerprint density at radius 2 is 1.94 bits per heavy atom. The van der Waals surface area contributed by atoms with Crippen molar-refractivity contribution < 1.29 is 4.74 Å². The Hall–Kier alpha value is -1.68. The minimum atomic E-state index is 0. The lowest BCUT2D eigenvalue weighted by Crippen LogP contribution is -2.47. The second-order valence-electron chi connectivity index (χ2n) is 8.50. The van der Waals surface area contributed by atoms with Gasteiger partial charge in [0.05, 0.1) is 6.10 Å². The third-order valence-electron chi connectivity index (χ3n) is 6.35. The van der Waals surface area contributed by atoms with Crippen LogP contribution < -0.4 is 5.32 Å². The molecule has 4 rings (SSSR count). The number of nitrogens with one attached hydrogen (secondary N) is 1. The number of hydrogen-bond donors (Lipinski definition) is 1. The minimum absolute atomic E-state index is 0. The van der Waals surface area contributed by atoms with Crippen molar-refractivity contribution in [2.24, 2.45) is 18.0 Å². The third kappa shape index (κ3) is 6.65.